The first-order chi connectivity index (χ1) is 3.18. The van der Waals surface area contributed by atoms with E-state index < -0.39 is 12.4 Å². The van der Waals surface area contributed by atoms with Gasteiger partial charge >= 0.3 is 0 Å². The van der Waals surface area contributed by atoms with E-state index in [0.717, 1.165) is 0 Å². The molecule has 0 aliphatic rings. The normalized spacial score (nSPS) is 18.9. The summed E-state index contributed by atoms with van der Waals surface area (Å²) in [7, 11) is 0. The number of hydrazine groups is 1. The van der Waals surface area contributed by atoms with Crippen LogP contribution in [-0.2, 0) is 0 Å². The molecule has 0 fully saturated rings. The number of nitrogens with two attached hydrogens (primary N) is 1. The Hall–Kier alpha value is -0.190. The Morgan fingerprint density at radius 3 is 2.29 bits per heavy atom. The Balaban J connectivity index is 3.14. The zero-order valence-corrected chi connectivity index (χ0v) is 4.06. The standard InChI is InChI=1S/C3H9FN2O/c1-2(7)3(4)6-5/h2-3,6-7H,5H2,1H3. The maximum atomic E-state index is 11.8. The van der Waals surface area contributed by atoms with E-state index in [1.807, 2.05) is 0 Å². The van der Waals surface area contributed by atoms with E-state index in [2.05, 4.69) is 5.84 Å². The third-order valence-corrected chi connectivity index (χ3v) is 0.583. The van der Waals surface area contributed by atoms with E-state index in [4.69, 9.17) is 5.11 Å². The van der Waals surface area contributed by atoms with Crippen molar-refractivity contribution < 1.29 is 9.50 Å². The van der Waals surface area contributed by atoms with Crippen LogP contribution in [0.4, 0.5) is 4.39 Å². The molecule has 44 valence electrons. The van der Waals surface area contributed by atoms with Crippen molar-refractivity contribution in [1.82, 2.24) is 5.43 Å². The van der Waals surface area contributed by atoms with E-state index in [9.17, 15) is 4.39 Å². The Morgan fingerprint density at radius 2 is 2.29 bits per heavy atom. The van der Waals surface area contributed by atoms with Gasteiger partial charge in [0.25, 0.3) is 0 Å². The lowest BCUT2D eigenvalue weighted by molar-refractivity contribution is 0.0720. The Bertz CT molecular complexity index is 50.2. The quantitative estimate of drug-likeness (QED) is 0.245. The molecule has 7 heavy (non-hydrogen) atoms. The van der Waals surface area contributed by atoms with Gasteiger partial charge in [0.05, 0.1) is 6.10 Å². The summed E-state index contributed by atoms with van der Waals surface area (Å²) in [5.41, 5.74) is 1.75. The van der Waals surface area contributed by atoms with Gasteiger partial charge < -0.3 is 5.11 Å². The number of alkyl halides is 1. The maximum absolute atomic E-state index is 11.8. The second-order valence-corrected chi connectivity index (χ2v) is 1.31. The minimum atomic E-state index is -1.51. The number of nitrogens with one attached hydrogen (secondary N) is 1. The van der Waals surface area contributed by atoms with E-state index >= 15 is 0 Å². The van der Waals surface area contributed by atoms with Crippen LogP contribution >= 0.6 is 0 Å². The molecule has 0 aliphatic carbocycles. The number of hydrogen-bond acceptors (Lipinski definition) is 3. The van der Waals surface area contributed by atoms with Crippen LogP contribution in [-0.4, -0.2) is 17.5 Å². The van der Waals surface area contributed by atoms with Crippen LogP contribution in [0.3, 0.4) is 0 Å². The molecule has 0 spiro atoms. The van der Waals surface area contributed by atoms with Gasteiger partial charge in [-0.15, -0.1) is 0 Å². The summed E-state index contributed by atoms with van der Waals surface area (Å²) < 4.78 is 11.8. The maximum Gasteiger partial charge on any atom is 0.188 e. The minimum absolute atomic E-state index is 1.04. The molecule has 0 aliphatic heterocycles. The summed E-state index contributed by atoms with van der Waals surface area (Å²) in [6.07, 6.45) is -2.55. The van der Waals surface area contributed by atoms with Crippen molar-refractivity contribution in [2.75, 3.05) is 0 Å². The summed E-state index contributed by atoms with van der Waals surface area (Å²) in [5, 5.41) is 8.30. The molecule has 4 N–H and O–H groups in total. The molecule has 3 nitrogen and oxygen atoms in total. The molecule has 0 aromatic rings. The molecule has 2 unspecified atom stereocenters. The van der Waals surface area contributed by atoms with Crippen molar-refractivity contribution in [2.45, 2.75) is 19.3 Å². The van der Waals surface area contributed by atoms with Gasteiger partial charge in [0.2, 0.25) is 0 Å². The fourth-order valence-electron chi connectivity index (χ4n) is 0.139. The first kappa shape index (κ1) is 6.81. The van der Waals surface area contributed by atoms with Crippen LogP contribution in [0.25, 0.3) is 0 Å². The largest absolute Gasteiger partial charge is 0.389 e. The molecule has 0 radical (unpaired) electrons. The fraction of sp³-hybridized carbons (Fsp3) is 1.00. The minimum Gasteiger partial charge on any atom is -0.389 e. The molecule has 0 bridgehead atoms. The Kier molecular flexibility index (Phi) is 2.82. The van der Waals surface area contributed by atoms with Crippen molar-refractivity contribution in [2.24, 2.45) is 5.84 Å². The first-order valence-electron chi connectivity index (χ1n) is 1.96. The molecular weight excluding hydrogens is 99.0 g/mol. The van der Waals surface area contributed by atoms with Gasteiger partial charge in [-0.1, -0.05) is 0 Å². The van der Waals surface area contributed by atoms with Crippen molar-refractivity contribution in [3.63, 3.8) is 0 Å². The lowest BCUT2D eigenvalue weighted by Gasteiger charge is -2.06. The number of rotatable bonds is 2. The number of hydrogen-bond donors (Lipinski definition) is 3. The van der Waals surface area contributed by atoms with E-state index in [-0.39, 0.29) is 0 Å². The zero-order chi connectivity index (χ0) is 5.86. The van der Waals surface area contributed by atoms with Gasteiger partial charge in [-0.25, -0.2) is 9.82 Å². The Morgan fingerprint density at radius 1 is 1.86 bits per heavy atom. The van der Waals surface area contributed by atoms with E-state index in [0.29, 0.717) is 0 Å². The predicted octanol–water partition coefficient (Wildman–Crippen LogP) is -0.874. The van der Waals surface area contributed by atoms with Gasteiger partial charge in [-0.2, -0.15) is 0 Å². The average molecular weight is 108 g/mol. The van der Waals surface area contributed by atoms with Gasteiger partial charge in [0.15, 0.2) is 6.30 Å². The molecule has 0 rings (SSSR count). The number of aliphatic hydroxyl groups is 1. The van der Waals surface area contributed by atoms with Crippen LogP contribution in [0.15, 0.2) is 0 Å². The van der Waals surface area contributed by atoms with Crippen molar-refractivity contribution >= 4 is 0 Å². The smallest absolute Gasteiger partial charge is 0.188 e. The average Bonchev–Trinajstić information content (AvgIpc) is 1.65. The third kappa shape index (κ3) is 2.50. The van der Waals surface area contributed by atoms with Crippen LogP contribution in [0.1, 0.15) is 6.92 Å². The molecule has 0 aromatic heterocycles. The van der Waals surface area contributed by atoms with E-state index in [1.54, 1.807) is 5.43 Å². The van der Waals surface area contributed by atoms with Crippen LogP contribution in [0.5, 0.6) is 0 Å². The van der Waals surface area contributed by atoms with Crippen LogP contribution < -0.4 is 11.3 Å². The van der Waals surface area contributed by atoms with Crippen LogP contribution in [0.2, 0.25) is 0 Å². The highest BCUT2D eigenvalue weighted by Crippen LogP contribution is 1.88. The second-order valence-electron chi connectivity index (χ2n) is 1.31. The summed E-state index contributed by atoms with van der Waals surface area (Å²) in [4.78, 5) is 0. The van der Waals surface area contributed by atoms with Gasteiger partial charge in [-0.3, -0.25) is 5.84 Å². The molecule has 0 heterocycles. The predicted molar refractivity (Wildman–Crippen MR) is 23.9 cm³/mol. The van der Waals surface area contributed by atoms with Gasteiger partial charge in [0.1, 0.15) is 0 Å². The topological polar surface area (TPSA) is 58.3 Å². The molecule has 4 heteroatoms. The molecule has 0 amide bonds. The highest BCUT2D eigenvalue weighted by atomic mass is 19.1. The Labute approximate surface area is 41.3 Å². The van der Waals surface area contributed by atoms with Crippen molar-refractivity contribution in [3.05, 3.63) is 0 Å². The molecule has 0 aromatic carbocycles. The lowest BCUT2D eigenvalue weighted by atomic mass is 10.4. The van der Waals surface area contributed by atoms with Crippen LogP contribution in [0, 0.1) is 0 Å². The number of halogens is 1. The molecule has 0 saturated carbocycles. The summed E-state index contributed by atoms with van der Waals surface area (Å²) in [6.45, 7) is 1.31. The summed E-state index contributed by atoms with van der Waals surface area (Å²) >= 11 is 0. The summed E-state index contributed by atoms with van der Waals surface area (Å²) in [5.74, 6) is 4.59. The lowest BCUT2D eigenvalue weighted by Crippen LogP contribution is -2.38. The van der Waals surface area contributed by atoms with Gasteiger partial charge in [0, 0.05) is 0 Å². The number of aliphatic hydroxyl groups excluding tert-OH is 1. The summed E-state index contributed by atoms with van der Waals surface area (Å²) in [6, 6.07) is 0. The fourth-order valence-corrected chi connectivity index (χ4v) is 0.139. The molecule has 2 atom stereocenters. The van der Waals surface area contributed by atoms with Crippen molar-refractivity contribution in [3.8, 4) is 0 Å². The highest BCUT2D eigenvalue weighted by Gasteiger charge is 2.07. The first-order valence-corrected chi connectivity index (χ1v) is 1.96. The van der Waals surface area contributed by atoms with Gasteiger partial charge in [-0.05, 0) is 6.92 Å². The second kappa shape index (κ2) is 2.90. The zero-order valence-electron chi connectivity index (χ0n) is 4.06. The third-order valence-electron chi connectivity index (χ3n) is 0.583. The monoisotopic (exact) mass is 108 g/mol. The molecule has 0 saturated heterocycles. The van der Waals surface area contributed by atoms with E-state index in [1.165, 1.54) is 6.92 Å². The van der Waals surface area contributed by atoms with Crippen molar-refractivity contribution in [1.29, 1.82) is 0 Å². The SMILES string of the molecule is CC(O)C(F)NN. The highest BCUT2D eigenvalue weighted by molar-refractivity contribution is 4.53. The molecular formula is C3H9FN2O.